The Bertz CT molecular complexity index is 1970. The van der Waals surface area contributed by atoms with Crippen molar-refractivity contribution in [3.05, 3.63) is 11.6 Å². The Hall–Kier alpha value is -1.14. The third-order valence-electron chi connectivity index (χ3n) is 20.9. The molecule has 15 N–H and O–H groups in total. The molecule has 0 bridgehead atoms. The predicted octanol–water partition coefficient (Wildman–Crippen LogP) is -1.93. The van der Waals surface area contributed by atoms with Crippen LogP contribution in [0.1, 0.15) is 113 Å². The van der Waals surface area contributed by atoms with Crippen LogP contribution in [0.2, 0.25) is 0 Å². The zero-order valence-corrected chi connectivity index (χ0v) is 45.3. The summed E-state index contributed by atoms with van der Waals surface area (Å²) in [4.78, 5) is 0. The first-order valence-corrected chi connectivity index (χ1v) is 27.8. The van der Waals surface area contributed by atoms with Crippen LogP contribution in [0.4, 0.5) is 0 Å². The van der Waals surface area contributed by atoms with E-state index in [4.69, 9.17) is 33.2 Å². The van der Waals surface area contributed by atoms with Gasteiger partial charge < -0.3 is 110 Å². The molecular weight excluding hydrogens is 1000 g/mol. The first-order chi connectivity index (χ1) is 35.5. The molecule has 4 saturated heterocycles. The van der Waals surface area contributed by atoms with Gasteiger partial charge in [-0.15, -0.1) is 0 Å². The molecule has 7 fully saturated rings. The molecule has 4 aliphatic carbocycles. The maximum absolute atomic E-state index is 12.7. The maximum atomic E-state index is 12.7. The van der Waals surface area contributed by atoms with Gasteiger partial charge in [-0.2, -0.15) is 0 Å². The lowest BCUT2D eigenvalue weighted by molar-refractivity contribution is -0.364. The van der Waals surface area contributed by atoms with Gasteiger partial charge in [0.05, 0.1) is 62.0 Å². The summed E-state index contributed by atoms with van der Waals surface area (Å²) in [5, 5.41) is 162. The molecule has 0 aromatic rings. The van der Waals surface area contributed by atoms with Crippen molar-refractivity contribution in [2.45, 2.75) is 248 Å². The van der Waals surface area contributed by atoms with Gasteiger partial charge in [-0.05, 0) is 106 Å². The van der Waals surface area contributed by atoms with Gasteiger partial charge in [0.2, 0.25) is 0 Å². The number of hydrogen-bond donors (Lipinski definition) is 15. The van der Waals surface area contributed by atoms with Crippen LogP contribution >= 0.6 is 0 Å². The van der Waals surface area contributed by atoms with E-state index in [-0.39, 0.29) is 54.1 Å². The van der Waals surface area contributed by atoms with E-state index in [1.165, 1.54) is 0 Å². The number of ether oxygens (including phenoxy) is 7. The second kappa shape index (κ2) is 22.9. The van der Waals surface area contributed by atoms with Gasteiger partial charge in [0.25, 0.3) is 0 Å². The Labute approximate surface area is 445 Å². The van der Waals surface area contributed by atoms with Crippen LogP contribution in [0.3, 0.4) is 0 Å². The van der Waals surface area contributed by atoms with Crippen molar-refractivity contribution in [2.24, 2.45) is 51.2 Å². The molecule has 440 valence electrons. The molecule has 29 atom stereocenters. The third kappa shape index (κ3) is 10.4. The van der Waals surface area contributed by atoms with E-state index < -0.39 is 164 Å². The average Bonchev–Trinajstić information content (AvgIpc) is 3.65. The van der Waals surface area contributed by atoms with Crippen molar-refractivity contribution in [1.82, 2.24) is 0 Å². The highest BCUT2D eigenvalue weighted by Crippen LogP contribution is 2.75. The minimum atomic E-state index is -1.80. The Kier molecular flexibility index (Phi) is 18.4. The Morgan fingerprint density at radius 1 is 0.671 bits per heavy atom. The first-order valence-electron chi connectivity index (χ1n) is 27.8. The molecule has 0 aromatic carbocycles. The summed E-state index contributed by atoms with van der Waals surface area (Å²) in [7, 11) is 0. The second-order valence-corrected chi connectivity index (χ2v) is 25.8. The molecule has 8 aliphatic rings. The summed E-state index contributed by atoms with van der Waals surface area (Å²) in [6.45, 7) is 14.4. The van der Waals surface area contributed by atoms with Crippen molar-refractivity contribution in [3.63, 3.8) is 0 Å². The highest BCUT2D eigenvalue weighted by Gasteiger charge is 2.70. The molecule has 0 radical (unpaired) electrons. The smallest absolute Gasteiger partial charge is 0.187 e. The number of hydrogen-bond acceptors (Lipinski definition) is 22. The molecule has 22 nitrogen and oxygen atoms in total. The fraction of sp³-hybridized carbons (Fsp3) is 0.963. The standard InChI is InChI=1S/C54H92O22/c1-23(9-13-34(51(4,5)69)75-49-46(36(60)27(58)22-70-49)76-48-44(68)41(65)38(62)30(21-57)73-48)24-15-17-52(6)31-12-10-25-26(54(31,8)32(59)19-53(24,52)7)11-14-33(50(25,2)3)74-47-43(67)39(63)35(28(72-47)16-18-55)45-42(66)40(64)37(61)29(20-56)71-45/h10,23-24,26-49,55-69H,9,11-22H2,1-8H3/t23-,24?,26?,27-,28-,29-,30+,31?,32-,33+,34-,35?,36+,37-,38+,39+,40+,41-,42-,43-,44+,45+,46-,47+,48-,49+,52+,53-,54+/m1/s1. The number of allylic oxidation sites excluding steroid dienone is 1. The van der Waals surface area contributed by atoms with Crippen LogP contribution < -0.4 is 0 Å². The largest absolute Gasteiger partial charge is 0.396 e. The fourth-order valence-electron chi connectivity index (χ4n) is 16.1. The Morgan fingerprint density at radius 2 is 1.28 bits per heavy atom. The minimum absolute atomic E-state index is 0.00529. The highest BCUT2D eigenvalue weighted by atomic mass is 16.8. The van der Waals surface area contributed by atoms with Gasteiger partial charge >= 0.3 is 0 Å². The van der Waals surface area contributed by atoms with Crippen molar-refractivity contribution in [3.8, 4) is 0 Å². The summed E-state index contributed by atoms with van der Waals surface area (Å²) in [6.07, 6.45) is -21.8. The van der Waals surface area contributed by atoms with Crippen molar-refractivity contribution < 1.29 is 110 Å². The van der Waals surface area contributed by atoms with Crippen LogP contribution in [0.5, 0.6) is 0 Å². The molecule has 0 aromatic heterocycles. The van der Waals surface area contributed by atoms with Crippen molar-refractivity contribution >= 4 is 0 Å². The van der Waals surface area contributed by atoms with Gasteiger partial charge in [0, 0.05) is 23.4 Å². The SMILES string of the molecule is C[C@H](CC[C@@H](O[C@@H]1OC[C@@H](O)[C@H](O)[C@H]1O[C@H]1O[C@@H](CO)[C@H](O)[C@@H](O)[C@@H]1O)C(C)(C)O)C1CC[C@@]2(C)C3CC=C4C(CC[C@H](O[C@@H]5O[C@H](CCO)C([C@@H]6O[C@H](CO)[C@@H](O)[C@H](O)[C@H]6O)[C@H](O)[C@H]5O)C4(C)C)[C@]3(C)[C@H](O)C[C@]12C. The molecular formula is C54H92O22. The molecule has 3 saturated carbocycles. The monoisotopic (exact) mass is 1090 g/mol. The zero-order valence-electron chi connectivity index (χ0n) is 45.3. The van der Waals surface area contributed by atoms with Crippen LogP contribution in [0, 0.1) is 51.2 Å². The van der Waals surface area contributed by atoms with Gasteiger partial charge in [-0.1, -0.05) is 53.2 Å². The quantitative estimate of drug-likeness (QED) is 0.0749. The van der Waals surface area contributed by atoms with Crippen LogP contribution in [-0.2, 0) is 33.2 Å². The summed E-state index contributed by atoms with van der Waals surface area (Å²) >= 11 is 0. The molecule has 4 heterocycles. The van der Waals surface area contributed by atoms with E-state index >= 15 is 0 Å². The van der Waals surface area contributed by atoms with E-state index in [2.05, 4.69) is 47.6 Å². The second-order valence-electron chi connectivity index (χ2n) is 25.8. The number of aliphatic hydroxyl groups is 15. The van der Waals surface area contributed by atoms with Crippen LogP contribution in [0.15, 0.2) is 11.6 Å². The summed E-state index contributed by atoms with van der Waals surface area (Å²) in [5.41, 5.74) is -1.88. The fourth-order valence-corrected chi connectivity index (χ4v) is 16.1. The molecule has 22 heteroatoms. The lowest BCUT2D eigenvalue weighted by Gasteiger charge is -2.67. The molecule has 4 aliphatic heterocycles. The normalized spacial score (nSPS) is 51.5. The summed E-state index contributed by atoms with van der Waals surface area (Å²) in [5.74, 6) is -0.785. The van der Waals surface area contributed by atoms with Crippen molar-refractivity contribution in [2.75, 3.05) is 26.4 Å². The average molecular weight is 1090 g/mol. The third-order valence-corrected chi connectivity index (χ3v) is 20.9. The highest BCUT2D eigenvalue weighted by molar-refractivity contribution is 5.32. The Balaban J connectivity index is 0.946. The predicted molar refractivity (Wildman–Crippen MR) is 265 cm³/mol. The lowest BCUT2D eigenvalue weighted by Crippen LogP contribution is -2.67. The van der Waals surface area contributed by atoms with E-state index in [0.29, 0.717) is 38.5 Å². The topological polar surface area (TPSA) is 368 Å². The van der Waals surface area contributed by atoms with Crippen LogP contribution in [-0.4, -0.2) is 237 Å². The minimum Gasteiger partial charge on any atom is -0.396 e. The lowest BCUT2D eigenvalue weighted by atomic mass is 9.38. The van der Waals surface area contributed by atoms with Gasteiger partial charge in [-0.3, -0.25) is 0 Å². The van der Waals surface area contributed by atoms with Gasteiger partial charge in [0.15, 0.2) is 18.9 Å². The first kappa shape index (κ1) is 60.9. The number of aliphatic hydroxyl groups excluding tert-OH is 14. The van der Waals surface area contributed by atoms with Crippen LogP contribution in [0.25, 0.3) is 0 Å². The maximum Gasteiger partial charge on any atom is 0.187 e. The summed E-state index contributed by atoms with van der Waals surface area (Å²) < 4.78 is 42.4. The molecule has 4 unspecified atom stereocenters. The van der Waals surface area contributed by atoms with E-state index in [1.807, 2.05) is 0 Å². The van der Waals surface area contributed by atoms with Crippen molar-refractivity contribution in [1.29, 1.82) is 0 Å². The van der Waals surface area contributed by atoms with Gasteiger partial charge in [-0.25, -0.2) is 0 Å². The van der Waals surface area contributed by atoms with E-state index in [9.17, 15) is 76.6 Å². The number of fused-ring (bicyclic) bond motifs is 5. The van der Waals surface area contributed by atoms with E-state index in [0.717, 1.165) is 18.4 Å². The Morgan fingerprint density at radius 3 is 1.91 bits per heavy atom. The molecule has 0 amide bonds. The van der Waals surface area contributed by atoms with Gasteiger partial charge in [0.1, 0.15) is 73.2 Å². The molecule has 76 heavy (non-hydrogen) atoms. The van der Waals surface area contributed by atoms with E-state index in [1.54, 1.807) is 13.8 Å². The molecule has 8 rings (SSSR count). The summed E-state index contributed by atoms with van der Waals surface area (Å²) in [6, 6.07) is 0. The number of rotatable bonds is 16. The zero-order chi connectivity index (χ0) is 55.9. The molecule has 0 spiro atoms.